The maximum Gasteiger partial charge on any atom is 0.269 e. The van der Waals surface area contributed by atoms with Crippen LogP contribution in [0.5, 0.6) is 0 Å². The molecule has 3 rings (SSSR count). The Balaban J connectivity index is 1.71. The second-order valence-electron chi connectivity index (χ2n) is 4.55. The smallest absolute Gasteiger partial charge is 0.269 e. The molecule has 0 bridgehead atoms. The van der Waals surface area contributed by atoms with Crippen molar-refractivity contribution in [3.63, 3.8) is 0 Å². The van der Waals surface area contributed by atoms with E-state index in [0.29, 0.717) is 18.3 Å². The van der Waals surface area contributed by atoms with Gasteiger partial charge in [-0.25, -0.2) is 0 Å². The van der Waals surface area contributed by atoms with Crippen molar-refractivity contribution in [2.75, 3.05) is 0 Å². The summed E-state index contributed by atoms with van der Waals surface area (Å²) in [6.45, 7) is 0.706. The lowest BCUT2D eigenvalue weighted by Gasteiger charge is -1.99. The number of aromatic nitrogens is 3. The molecule has 0 unspecified atom stereocenters. The van der Waals surface area contributed by atoms with Crippen LogP contribution >= 0.6 is 0 Å². The third kappa shape index (κ3) is 2.76. The Bertz CT molecular complexity index is 588. The van der Waals surface area contributed by atoms with Crippen LogP contribution < -0.4 is 5.32 Å². The Morgan fingerprint density at radius 3 is 2.74 bits per heavy atom. The van der Waals surface area contributed by atoms with E-state index in [2.05, 4.69) is 15.5 Å². The van der Waals surface area contributed by atoms with Crippen LogP contribution in [-0.4, -0.2) is 26.0 Å². The largest absolute Gasteiger partial charge is 0.308 e. The minimum absolute atomic E-state index is 0.0616. The topological polar surface area (TPSA) is 85.9 Å². The first-order valence-electron chi connectivity index (χ1n) is 6.12. The van der Waals surface area contributed by atoms with Gasteiger partial charge < -0.3 is 5.32 Å². The summed E-state index contributed by atoms with van der Waals surface area (Å²) in [4.78, 5) is 11.6. The molecule has 1 aromatic heterocycles. The van der Waals surface area contributed by atoms with Gasteiger partial charge in [0.2, 0.25) is 0 Å². The third-order valence-corrected chi connectivity index (χ3v) is 2.98. The monoisotopic (exact) mass is 259 g/mol. The number of hydrogen-bond donors (Lipinski definition) is 1. The summed E-state index contributed by atoms with van der Waals surface area (Å²) in [7, 11) is 0. The normalized spacial score (nSPS) is 14.5. The van der Waals surface area contributed by atoms with Gasteiger partial charge in [-0.2, -0.15) is 15.0 Å². The quantitative estimate of drug-likeness (QED) is 0.648. The molecule has 1 saturated carbocycles. The summed E-state index contributed by atoms with van der Waals surface area (Å²) in [6, 6.07) is 6.79. The van der Waals surface area contributed by atoms with Crippen molar-refractivity contribution in [1.82, 2.24) is 20.3 Å². The minimum Gasteiger partial charge on any atom is -0.308 e. The summed E-state index contributed by atoms with van der Waals surface area (Å²) in [5.74, 6) is 0. The van der Waals surface area contributed by atoms with Crippen LogP contribution in [0.1, 0.15) is 18.5 Å². The molecule has 0 aliphatic heterocycles. The van der Waals surface area contributed by atoms with Crippen LogP contribution in [0.2, 0.25) is 0 Å². The first-order valence-corrected chi connectivity index (χ1v) is 6.12. The molecule has 0 saturated heterocycles. The molecule has 1 N–H and O–H groups in total. The number of rotatable bonds is 5. The van der Waals surface area contributed by atoms with Gasteiger partial charge in [-0.1, -0.05) is 0 Å². The predicted molar refractivity (Wildman–Crippen MR) is 67.9 cm³/mol. The second-order valence-corrected chi connectivity index (χ2v) is 4.55. The molecule has 98 valence electrons. The van der Waals surface area contributed by atoms with E-state index in [4.69, 9.17) is 0 Å². The van der Waals surface area contributed by atoms with Crippen LogP contribution in [-0.2, 0) is 6.54 Å². The van der Waals surface area contributed by atoms with Crippen LogP contribution in [0, 0.1) is 10.1 Å². The maximum atomic E-state index is 10.6. The minimum atomic E-state index is -0.425. The van der Waals surface area contributed by atoms with E-state index >= 15 is 0 Å². The molecule has 1 fully saturated rings. The SMILES string of the molecule is O=[N+]([O-])c1ccc(-n2ncc(CNC3CC3)n2)cc1. The molecular weight excluding hydrogens is 246 g/mol. The van der Waals surface area contributed by atoms with E-state index < -0.39 is 4.92 Å². The highest BCUT2D eigenvalue weighted by atomic mass is 16.6. The van der Waals surface area contributed by atoms with Crippen molar-refractivity contribution in [3.8, 4) is 5.69 Å². The van der Waals surface area contributed by atoms with Gasteiger partial charge in [0.1, 0.15) is 0 Å². The van der Waals surface area contributed by atoms with Gasteiger partial charge in [-0.15, -0.1) is 0 Å². The van der Waals surface area contributed by atoms with Crippen LogP contribution in [0.4, 0.5) is 5.69 Å². The number of nitro benzene ring substituents is 1. The summed E-state index contributed by atoms with van der Waals surface area (Å²) in [5, 5.41) is 22.4. The lowest BCUT2D eigenvalue weighted by molar-refractivity contribution is -0.384. The zero-order valence-corrected chi connectivity index (χ0v) is 10.2. The number of non-ortho nitro benzene ring substituents is 1. The van der Waals surface area contributed by atoms with Crippen molar-refractivity contribution in [2.45, 2.75) is 25.4 Å². The number of nitrogens with zero attached hydrogens (tertiary/aromatic N) is 4. The van der Waals surface area contributed by atoms with Crippen molar-refractivity contribution >= 4 is 5.69 Å². The van der Waals surface area contributed by atoms with Gasteiger partial charge >= 0.3 is 0 Å². The van der Waals surface area contributed by atoms with Crippen molar-refractivity contribution in [2.24, 2.45) is 0 Å². The van der Waals surface area contributed by atoms with Crippen LogP contribution in [0.25, 0.3) is 5.69 Å². The average Bonchev–Trinajstić information content (AvgIpc) is 3.13. The Hall–Kier alpha value is -2.28. The molecule has 0 radical (unpaired) electrons. The lowest BCUT2D eigenvalue weighted by atomic mass is 10.3. The Morgan fingerprint density at radius 2 is 2.11 bits per heavy atom. The Morgan fingerprint density at radius 1 is 1.37 bits per heavy atom. The summed E-state index contributed by atoms with van der Waals surface area (Å²) < 4.78 is 0. The molecule has 1 heterocycles. The van der Waals surface area contributed by atoms with Crippen molar-refractivity contribution in [1.29, 1.82) is 0 Å². The fraction of sp³-hybridized carbons (Fsp3) is 0.333. The molecule has 1 aliphatic carbocycles. The number of nitro groups is 1. The van der Waals surface area contributed by atoms with Gasteiger partial charge in [-0.3, -0.25) is 10.1 Å². The predicted octanol–water partition coefficient (Wildman–Crippen LogP) is 1.43. The fourth-order valence-corrected chi connectivity index (χ4v) is 1.74. The molecule has 2 aromatic rings. The fourth-order valence-electron chi connectivity index (χ4n) is 1.74. The highest BCUT2D eigenvalue weighted by Crippen LogP contribution is 2.19. The molecular formula is C12H13N5O2. The Labute approximate surface area is 109 Å². The highest BCUT2D eigenvalue weighted by Gasteiger charge is 2.20. The van der Waals surface area contributed by atoms with Gasteiger partial charge in [-0.05, 0) is 25.0 Å². The van der Waals surface area contributed by atoms with E-state index in [1.807, 2.05) is 0 Å². The summed E-state index contributed by atoms with van der Waals surface area (Å²) in [6.07, 6.45) is 4.17. The van der Waals surface area contributed by atoms with E-state index in [1.165, 1.54) is 29.8 Å². The Kier molecular flexibility index (Phi) is 2.96. The van der Waals surface area contributed by atoms with Gasteiger partial charge in [0.05, 0.1) is 22.5 Å². The zero-order chi connectivity index (χ0) is 13.2. The van der Waals surface area contributed by atoms with Gasteiger partial charge in [0.25, 0.3) is 5.69 Å². The maximum absolute atomic E-state index is 10.6. The number of benzene rings is 1. The number of nitrogens with one attached hydrogen (secondary N) is 1. The molecule has 1 aliphatic rings. The molecule has 0 spiro atoms. The van der Waals surface area contributed by atoms with E-state index in [0.717, 1.165) is 5.69 Å². The van der Waals surface area contributed by atoms with E-state index in [9.17, 15) is 10.1 Å². The van der Waals surface area contributed by atoms with Crippen LogP contribution in [0.15, 0.2) is 30.5 Å². The van der Waals surface area contributed by atoms with Gasteiger partial charge in [0.15, 0.2) is 0 Å². The molecule has 7 heteroatoms. The van der Waals surface area contributed by atoms with Crippen LogP contribution in [0.3, 0.4) is 0 Å². The standard InChI is InChI=1S/C12H13N5O2/c18-17(19)12-5-3-11(4-6-12)16-14-8-10(15-16)7-13-9-1-2-9/h3-6,8-9,13H,1-2,7H2. The van der Waals surface area contributed by atoms with E-state index in [1.54, 1.807) is 18.3 Å². The van der Waals surface area contributed by atoms with E-state index in [-0.39, 0.29) is 5.69 Å². The molecule has 7 nitrogen and oxygen atoms in total. The first kappa shape index (κ1) is 11.8. The molecule has 0 atom stereocenters. The first-order chi connectivity index (χ1) is 9.22. The summed E-state index contributed by atoms with van der Waals surface area (Å²) >= 11 is 0. The number of hydrogen-bond acceptors (Lipinski definition) is 5. The lowest BCUT2D eigenvalue weighted by Crippen LogP contribution is -2.15. The molecule has 1 aromatic carbocycles. The second kappa shape index (κ2) is 4.77. The third-order valence-electron chi connectivity index (χ3n) is 2.98. The van der Waals surface area contributed by atoms with Crippen molar-refractivity contribution < 1.29 is 4.92 Å². The van der Waals surface area contributed by atoms with Gasteiger partial charge in [0, 0.05) is 24.7 Å². The molecule has 19 heavy (non-hydrogen) atoms. The summed E-state index contributed by atoms with van der Waals surface area (Å²) in [5.41, 5.74) is 1.64. The van der Waals surface area contributed by atoms with Crippen molar-refractivity contribution in [3.05, 3.63) is 46.3 Å². The molecule has 0 amide bonds. The average molecular weight is 259 g/mol. The highest BCUT2D eigenvalue weighted by molar-refractivity contribution is 5.39. The zero-order valence-electron chi connectivity index (χ0n) is 10.2.